The van der Waals surface area contributed by atoms with E-state index in [4.69, 9.17) is 0 Å². The Bertz CT molecular complexity index is 319. The van der Waals surface area contributed by atoms with Crippen molar-refractivity contribution in [2.45, 2.75) is 53.0 Å². The van der Waals surface area contributed by atoms with Crippen LogP contribution in [0, 0.1) is 5.92 Å². The lowest BCUT2D eigenvalue weighted by molar-refractivity contribution is 0.408. The van der Waals surface area contributed by atoms with Crippen LogP contribution in [0.15, 0.2) is 24.3 Å². The van der Waals surface area contributed by atoms with Crippen LogP contribution in [0.25, 0.3) is 0 Å². The molecule has 0 amide bonds. The highest BCUT2D eigenvalue weighted by Gasteiger charge is 2.13. The topological polar surface area (TPSA) is 12.0 Å². The average Bonchev–Trinajstić information content (AvgIpc) is 2.38. The summed E-state index contributed by atoms with van der Waals surface area (Å²) in [5.41, 5.74) is 2.89. The normalized spacial score (nSPS) is 14.6. The maximum absolute atomic E-state index is 3.62. The van der Waals surface area contributed by atoms with Crippen molar-refractivity contribution < 1.29 is 0 Å². The summed E-state index contributed by atoms with van der Waals surface area (Å²) in [6.07, 6.45) is 3.61. The van der Waals surface area contributed by atoms with Crippen LogP contribution in [-0.2, 0) is 6.42 Å². The molecule has 96 valence electrons. The van der Waals surface area contributed by atoms with Gasteiger partial charge in [0.05, 0.1) is 0 Å². The van der Waals surface area contributed by atoms with Gasteiger partial charge in [-0.1, -0.05) is 58.4 Å². The Morgan fingerprint density at radius 1 is 1.18 bits per heavy atom. The predicted octanol–water partition coefficient (Wildman–Crippen LogP) is 4.34. The fourth-order valence-corrected chi connectivity index (χ4v) is 2.18. The molecule has 0 aliphatic carbocycles. The molecular formula is C16H27N. The molecule has 0 saturated carbocycles. The SMILES string of the molecule is CCNC(CC(C)CC)c1cccc(CC)c1. The van der Waals surface area contributed by atoms with Gasteiger partial charge in [-0.2, -0.15) is 0 Å². The van der Waals surface area contributed by atoms with Gasteiger partial charge in [-0.05, 0) is 36.4 Å². The quantitative estimate of drug-likeness (QED) is 0.739. The van der Waals surface area contributed by atoms with Gasteiger partial charge in [0.25, 0.3) is 0 Å². The molecule has 1 nitrogen and oxygen atoms in total. The molecule has 1 aromatic rings. The van der Waals surface area contributed by atoms with Crippen molar-refractivity contribution >= 4 is 0 Å². The first kappa shape index (κ1) is 14.2. The highest BCUT2D eigenvalue weighted by Crippen LogP contribution is 2.23. The summed E-state index contributed by atoms with van der Waals surface area (Å²) in [5, 5.41) is 3.62. The van der Waals surface area contributed by atoms with Gasteiger partial charge < -0.3 is 5.32 Å². The average molecular weight is 233 g/mol. The zero-order valence-electron chi connectivity index (χ0n) is 11.8. The Balaban J connectivity index is 2.80. The third-order valence-electron chi connectivity index (χ3n) is 3.55. The van der Waals surface area contributed by atoms with E-state index in [1.54, 1.807) is 0 Å². The first-order valence-corrected chi connectivity index (χ1v) is 7.03. The van der Waals surface area contributed by atoms with Crippen molar-refractivity contribution in [3.63, 3.8) is 0 Å². The van der Waals surface area contributed by atoms with Gasteiger partial charge in [-0.15, -0.1) is 0 Å². The number of hydrogen-bond acceptors (Lipinski definition) is 1. The molecule has 0 aliphatic rings. The van der Waals surface area contributed by atoms with Crippen molar-refractivity contribution in [2.24, 2.45) is 5.92 Å². The second kappa shape index (κ2) is 7.50. The molecule has 17 heavy (non-hydrogen) atoms. The lowest BCUT2D eigenvalue weighted by Gasteiger charge is -2.22. The Kier molecular flexibility index (Phi) is 6.28. The van der Waals surface area contributed by atoms with Gasteiger partial charge in [0, 0.05) is 6.04 Å². The Morgan fingerprint density at radius 2 is 1.94 bits per heavy atom. The Hall–Kier alpha value is -0.820. The number of aryl methyl sites for hydroxylation is 1. The lowest BCUT2D eigenvalue weighted by Crippen LogP contribution is -2.23. The molecule has 1 aromatic carbocycles. The monoisotopic (exact) mass is 233 g/mol. The van der Waals surface area contributed by atoms with Crippen LogP contribution in [0.2, 0.25) is 0 Å². The van der Waals surface area contributed by atoms with Crippen LogP contribution < -0.4 is 5.32 Å². The number of benzene rings is 1. The summed E-state index contributed by atoms with van der Waals surface area (Å²) < 4.78 is 0. The molecule has 0 fully saturated rings. The molecule has 1 heteroatoms. The number of hydrogen-bond donors (Lipinski definition) is 1. The van der Waals surface area contributed by atoms with Gasteiger partial charge >= 0.3 is 0 Å². The minimum atomic E-state index is 0.515. The maximum atomic E-state index is 3.62. The molecule has 2 unspecified atom stereocenters. The van der Waals surface area contributed by atoms with Crippen LogP contribution in [0.4, 0.5) is 0 Å². The van der Waals surface area contributed by atoms with Crippen LogP contribution in [0.1, 0.15) is 57.7 Å². The molecule has 0 aromatic heterocycles. The molecule has 0 bridgehead atoms. The molecule has 0 heterocycles. The summed E-state index contributed by atoms with van der Waals surface area (Å²) in [6, 6.07) is 9.54. The van der Waals surface area contributed by atoms with Crippen molar-refractivity contribution in [3.8, 4) is 0 Å². The fraction of sp³-hybridized carbons (Fsp3) is 0.625. The molecule has 0 aliphatic heterocycles. The van der Waals surface area contributed by atoms with E-state index in [0.29, 0.717) is 6.04 Å². The largest absolute Gasteiger partial charge is 0.310 e. The van der Waals surface area contributed by atoms with Crippen molar-refractivity contribution in [1.29, 1.82) is 0 Å². The van der Waals surface area contributed by atoms with Crippen molar-refractivity contribution in [3.05, 3.63) is 35.4 Å². The van der Waals surface area contributed by atoms with Crippen molar-refractivity contribution in [2.75, 3.05) is 6.54 Å². The summed E-state index contributed by atoms with van der Waals surface area (Å²) >= 11 is 0. The highest BCUT2D eigenvalue weighted by molar-refractivity contribution is 5.26. The van der Waals surface area contributed by atoms with Gasteiger partial charge in [0.2, 0.25) is 0 Å². The van der Waals surface area contributed by atoms with Gasteiger partial charge in [0.15, 0.2) is 0 Å². The fourth-order valence-electron chi connectivity index (χ4n) is 2.18. The van der Waals surface area contributed by atoms with E-state index in [1.807, 2.05) is 0 Å². The predicted molar refractivity (Wildman–Crippen MR) is 76.3 cm³/mol. The molecule has 1 rings (SSSR count). The summed E-state index contributed by atoms with van der Waals surface area (Å²) in [4.78, 5) is 0. The maximum Gasteiger partial charge on any atom is 0.0322 e. The van der Waals surface area contributed by atoms with Crippen LogP contribution in [0.3, 0.4) is 0 Å². The number of nitrogens with one attached hydrogen (secondary N) is 1. The van der Waals surface area contributed by atoms with Crippen LogP contribution in [0.5, 0.6) is 0 Å². The van der Waals surface area contributed by atoms with E-state index in [9.17, 15) is 0 Å². The van der Waals surface area contributed by atoms with Crippen LogP contribution >= 0.6 is 0 Å². The lowest BCUT2D eigenvalue weighted by atomic mass is 9.93. The molecule has 2 atom stereocenters. The molecule has 1 N–H and O–H groups in total. The second-order valence-corrected chi connectivity index (χ2v) is 4.96. The standard InChI is InChI=1S/C16H27N/c1-5-13(4)11-16(17-7-3)15-10-8-9-14(6-2)12-15/h8-10,12-13,16-17H,5-7,11H2,1-4H3. The Morgan fingerprint density at radius 3 is 2.53 bits per heavy atom. The zero-order chi connectivity index (χ0) is 12.7. The smallest absolute Gasteiger partial charge is 0.0322 e. The van der Waals surface area contributed by atoms with Gasteiger partial charge in [-0.25, -0.2) is 0 Å². The molecule has 0 spiro atoms. The third kappa shape index (κ3) is 4.51. The van der Waals surface area contributed by atoms with E-state index in [1.165, 1.54) is 24.0 Å². The number of rotatable bonds is 7. The molecule has 0 radical (unpaired) electrons. The second-order valence-electron chi connectivity index (χ2n) is 4.96. The summed E-state index contributed by atoms with van der Waals surface area (Å²) in [7, 11) is 0. The third-order valence-corrected chi connectivity index (χ3v) is 3.55. The van der Waals surface area contributed by atoms with E-state index in [0.717, 1.165) is 18.9 Å². The van der Waals surface area contributed by atoms with Gasteiger partial charge in [-0.3, -0.25) is 0 Å². The summed E-state index contributed by atoms with van der Waals surface area (Å²) in [6.45, 7) is 10.1. The summed E-state index contributed by atoms with van der Waals surface area (Å²) in [5.74, 6) is 0.782. The highest BCUT2D eigenvalue weighted by atomic mass is 14.9. The Labute approximate surface area is 107 Å². The van der Waals surface area contributed by atoms with E-state index < -0.39 is 0 Å². The zero-order valence-corrected chi connectivity index (χ0v) is 11.8. The first-order chi connectivity index (χ1) is 8.21. The van der Waals surface area contributed by atoms with Crippen LogP contribution in [-0.4, -0.2) is 6.54 Å². The minimum Gasteiger partial charge on any atom is -0.310 e. The van der Waals surface area contributed by atoms with E-state index in [-0.39, 0.29) is 0 Å². The van der Waals surface area contributed by atoms with E-state index >= 15 is 0 Å². The molecule has 0 saturated heterocycles. The minimum absolute atomic E-state index is 0.515. The van der Waals surface area contributed by atoms with Crippen molar-refractivity contribution in [1.82, 2.24) is 5.32 Å². The first-order valence-electron chi connectivity index (χ1n) is 7.03. The molecular weight excluding hydrogens is 206 g/mol. The van der Waals surface area contributed by atoms with Gasteiger partial charge in [0.1, 0.15) is 0 Å². The van der Waals surface area contributed by atoms with E-state index in [2.05, 4.69) is 57.3 Å².